The highest BCUT2D eigenvalue weighted by Crippen LogP contribution is 2.45. The van der Waals surface area contributed by atoms with E-state index in [2.05, 4.69) is 5.10 Å². The number of aliphatic hydroxyl groups is 2. The highest BCUT2D eigenvalue weighted by molar-refractivity contribution is 5.90. The molecule has 3 aromatic rings. The Bertz CT molecular complexity index is 977. The highest BCUT2D eigenvalue weighted by atomic mass is 16.4. The molecule has 3 aromatic carbocycles. The lowest BCUT2D eigenvalue weighted by Gasteiger charge is -2.32. The summed E-state index contributed by atoms with van der Waals surface area (Å²) in [6.45, 7) is 0. The van der Waals surface area contributed by atoms with Gasteiger partial charge in [0.25, 0.3) is 5.91 Å². The van der Waals surface area contributed by atoms with Crippen molar-refractivity contribution in [3.63, 3.8) is 0 Å². The number of amides is 1. The van der Waals surface area contributed by atoms with Crippen molar-refractivity contribution in [2.24, 2.45) is 5.10 Å². The van der Waals surface area contributed by atoms with Crippen LogP contribution in [0.5, 0.6) is 0 Å². The molecule has 0 spiro atoms. The Morgan fingerprint density at radius 3 is 2.00 bits per heavy atom. The molecule has 28 heavy (non-hydrogen) atoms. The van der Waals surface area contributed by atoms with Gasteiger partial charge in [-0.3, -0.25) is 4.79 Å². The zero-order valence-electron chi connectivity index (χ0n) is 15.1. The molecular weight excluding hydrogens is 352 g/mol. The Labute approximate surface area is 163 Å². The number of benzene rings is 3. The van der Waals surface area contributed by atoms with Crippen molar-refractivity contribution in [2.75, 3.05) is 0 Å². The average molecular weight is 372 g/mol. The smallest absolute Gasteiger partial charge is 0.256 e. The predicted octanol–water partition coefficient (Wildman–Crippen LogP) is 2.85. The van der Waals surface area contributed by atoms with Gasteiger partial charge in [0, 0.05) is 5.56 Å². The third-order valence-electron chi connectivity index (χ3n) is 5.01. The van der Waals surface area contributed by atoms with Crippen LogP contribution in [0.25, 0.3) is 0 Å². The molecule has 3 unspecified atom stereocenters. The van der Waals surface area contributed by atoms with Gasteiger partial charge in [0.1, 0.15) is 6.10 Å². The maximum absolute atomic E-state index is 13.2. The van der Waals surface area contributed by atoms with E-state index in [0.29, 0.717) is 11.1 Å². The molecule has 1 fully saturated rings. The van der Waals surface area contributed by atoms with Crippen LogP contribution >= 0.6 is 0 Å². The van der Waals surface area contributed by atoms with E-state index < -0.39 is 23.7 Å². The maximum atomic E-state index is 13.2. The van der Waals surface area contributed by atoms with Crippen molar-refractivity contribution in [3.05, 3.63) is 108 Å². The lowest BCUT2D eigenvalue weighted by atomic mass is 9.88. The first kappa shape index (κ1) is 18.1. The average Bonchev–Trinajstić information content (AvgIpc) is 2.94. The first-order valence-corrected chi connectivity index (χ1v) is 9.06. The molecule has 0 radical (unpaired) electrons. The fourth-order valence-electron chi connectivity index (χ4n) is 3.56. The molecule has 1 saturated heterocycles. The van der Waals surface area contributed by atoms with E-state index in [4.69, 9.17) is 0 Å². The van der Waals surface area contributed by atoms with Crippen LogP contribution < -0.4 is 0 Å². The summed E-state index contributed by atoms with van der Waals surface area (Å²) in [5.74, 6) is -1.38. The second-order valence-electron chi connectivity index (χ2n) is 6.73. The van der Waals surface area contributed by atoms with Crippen LogP contribution in [0.3, 0.4) is 0 Å². The third kappa shape index (κ3) is 3.01. The Morgan fingerprint density at radius 2 is 1.39 bits per heavy atom. The van der Waals surface area contributed by atoms with Crippen molar-refractivity contribution in [2.45, 2.75) is 17.7 Å². The second kappa shape index (κ2) is 7.38. The molecule has 1 amide bonds. The van der Waals surface area contributed by atoms with Gasteiger partial charge in [-0.25, -0.2) is 0 Å². The molecule has 5 nitrogen and oxygen atoms in total. The Morgan fingerprint density at radius 1 is 0.857 bits per heavy atom. The highest BCUT2D eigenvalue weighted by Gasteiger charge is 2.59. The zero-order valence-corrected chi connectivity index (χ0v) is 15.1. The summed E-state index contributed by atoms with van der Waals surface area (Å²) in [5.41, 5.74) is -0.154. The van der Waals surface area contributed by atoms with Crippen molar-refractivity contribution in [1.82, 2.24) is 5.01 Å². The largest absolute Gasteiger partial charge is 0.386 e. The van der Waals surface area contributed by atoms with Gasteiger partial charge in [-0.1, -0.05) is 91.0 Å². The quantitative estimate of drug-likeness (QED) is 0.692. The van der Waals surface area contributed by atoms with Crippen molar-refractivity contribution >= 4 is 12.1 Å². The third-order valence-corrected chi connectivity index (χ3v) is 5.01. The van der Waals surface area contributed by atoms with Gasteiger partial charge < -0.3 is 10.2 Å². The topological polar surface area (TPSA) is 73.1 Å². The van der Waals surface area contributed by atoms with Gasteiger partial charge in [0.05, 0.1) is 12.1 Å². The SMILES string of the molecule is O=C1C(c2ccccc2)C(O)C(O)(c2ccccc2)N1/N=C/c1ccccc1. The normalized spacial score (nSPS) is 24.8. The fourth-order valence-corrected chi connectivity index (χ4v) is 3.56. The summed E-state index contributed by atoms with van der Waals surface area (Å²) in [6, 6.07) is 26.9. The number of carbonyl (C=O) groups is 1. The number of aliphatic hydroxyl groups excluding tert-OH is 1. The molecule has 5 heteroatoms. The van der Waals surface area contributed by atoms with Crippen LogP contribution in [0.4, 0.5) is 0 Å². The number of nitrogens with zero attached hydrogens (tertiary/aromatic N) is 2. The number of rotatable bonds is 4. The maximum Gasteiger partial charge on any atom is 0.256 e. The Kier molecular flexibility index (Phi) is 4.77. The minimum absolute atomic E-state index is 0.402. The molecule has 1 heterocycles. The van der Waals surface area contributed by atoms with Crippen LogP contribution in [0.1, 0.15) is 22.6 Å². The first-order valence-electron chi connectivity index (χ1n) is 9.06. The molecule has 1 aliphatic rings. The summed E-state index contributed by atoms with van der Waals surface area (Å²) in [5, 5.41) is 27.9. The molecule has 0 aliphatic carbocycles. The number of hydrazone groups is 1. The van der Waals surface area contributed by atoms with Gasteiger partial charge in [-0.05, 0) is 11.1 Å². The standard InChI is InChI=1S/C23H20N2O3/c26-21-20(18-12-6-2-7-13-18)22(27)25(24-16-17-10-4-1-5-11-17)23(21,28)19-14-8-3-9-15-19/h1-16,20-21,26,28H/b24-16+. The van der Waals surface area contributed by atoms with Crippen LogP contribution in [0.2, 0.25) is 0 Å². The molecule has 3 atom stereocenters. The predicted molar refractivity (Wildman–Crippen MR) is 106 cm³/mol. The summed E-state index contributed by atoms with van der Waals surface area (Å²) in [7, 11) is 0. The molecule has 0 bridgehead atoms. The molecule has 4 rings (SSSR count). The van der Waals surface area contributed by atoms with Crippen molar-refractivity contribution in [3.8, 4) is 0 Å². The van der Waals surface area contributed by atoms with E-state index in [1.165, 1.54) is 6.21 Å². The van der Waals surface area contributed by atoms with Gasteiger partial charge >= 0.3 is 0 Å². The monoisotopic (exact) mass is 372 g/mol. The summed E-state index contributed by atoms with van der Waals surface area (Å²) < 4.78 is 0. The van der Waals surface area contributed by atoms with E-state index in [1.54, 1.807) is 48.5 Å². The summed E-state index contributed by atoms with van der Waals surface area (Å²) in [4.78, 5) is 13.2. The summed E-state index contributed by atoms with van der Waals surface area (Å²) in [6.07, 6.45) is 0.129. The number of hydrogen-bond acceptors (Lipinski definition) is 4. The molecule has 1 aliphatic heterocycles. The fraction of sp³-hybridized carbons (Fsp3) is 0.130. The number of hydrogen-bond donors (Lipinski definition) is 2. The second-order valence-corrected chi connectivity index (χ2v) is 6.73. The van der Waals surface area contributed by atoms with Gasteiger partial charge in [0.15, 0.2) is 0 Å². The summed E-state index contributed by atoms with van der Waals surface area (Å²) >= 11 is 0. The molecule has 0 aromatic heterocycles. The molecular formula is C23H20N2O3. The zero-order chi connectivity index (χ0) is 19.6. The van der Waals surface area contributed by atoms with Gasteiger partial charge in [-0.2, -0.15) is 10.1 Å². The van der Waals surface area contributed by atoms with Crippen molar-refractivity contribution < 1.29 is 15.0 Å². The minimum Gasteiger partial charge on any atom is -0.386 e. The van der Waals surface area contributed by atoms with Crippen LogP contribution in [0, 0.1) is 0 Å². The van der Waals surface area contributed by atoms with E-state index in [1.807, 2.05) is 42.5 Å². The minimum atomic E-state index is -1.97. The van der Waals surface area contributed by atoms with Crippen LogP contribution in [0.15, 0.2) is 96.1 Å². The van der Waals surface area contributed by atoms with E-state index in [0.717, 1.165) is 10.6 Å². The van der Waals surface area contributed by atoms with E-state index in [9.17, 15) is 15.0 Å². The lowest BCUT2D eigenvalue weighted by molar-refractivity contribution is -0.164. The lowest BCUT2D eigenvalue weighted by Crippen LogP contribution is -2.46. The van der Waals surface area contributed by atoms with E-state index >= 15 is 0 Å². The van der Waals surface area contributed by atoms with Crippen LogP contribution in [-0.4, -0.2) is 33.4 Å². The number of carbonyl (C=O) groups excluding carboxylic acids is 1. The van der Waals surface area contributed by atoms with Crippen molar-refractivity contribution in [1.29, 1.82) is 0 Å². The Balaban J connectivity index is 1.80. The first-order chi connectivity index (χ1) is 13.6. The van der Waals surface area contributed by atoms with Gasteiger partial charge in [-0.15, -0.1) is 0 Å². The molecule has 0 saturated carbocycles. The van der Waals surface area contributed by atoms with Crippen LogP contribution in [-0.2, 0) is 10.5 Å². The molecule has 140 valence electrons. The molecule has 2 N–H and O–H groups in total. The van der Waals surface area contributed by atoms with Gasteiger partial charge in [0.2, 0.25) is 5.72 Å². The Hall–Kier alpha value is -3.28. The van der Waals surface area contributed by atoms with E-state index in [-0.39, 0.29) is 0 Å².